The molecule has 0 aromatic rings. The fourth-order valence-electron chi connectivity index (χ4n) is 1.45. The lowest BCUT2D eigenvalue weighted by Crippen LogP contribution is -2.21. The van der Waals surface area contributed by atoms with Crippen molar-refractivity contribution in [3.05, 3.63) is 0 Å². The number of esters is 1. The van der Waals surface area contributed by atoms with Crippen LogP contribution in [0.4, 0.5) is 0 Å². The fraction of sp³-hybridized carbons (Fsp3) is 0.889. The molecule has 1 saturated carbocycles. The molecule has 1 aliphatic carbocycles. The molecule has 70 valence electrons. The molecule has 3 heteroatoms. The first-order chi connectivity index (χ1) is 5.74. The topological polar surface area (TPSA) is 26.3 Å². The second-order valence-electron chi connectivity index (χ2n) is 3.23. The number of hydrogen-bond acceptors (Lipinski definition) is 2. The maximum atomic E-state index is 11.1. The van der Waals surface area contributed by atoms with Crippen molar-refractivity contribution in [3.8, 4) is 0 Å². The number of hydrogen-bond donors (Lipinski definition) is 0. The van der Waals surface area contributed by atoms with Crippen LogP contribution in [-0.2, 0) is 9.53 Å². The van der Waals surface area contributed by atoms with Crippen LogP contribution in [0.25, 0.3) is 0 Å². The first-order valence-corrected chi connectivity index (χ1v) is 5.49. The standard InChI is InChI=1S/C9H15BrO2/c1-2-4-9(11)12-8-6-3-5-7(8)10/h7-8H,2-6H2,1H3/t7-,8-/m1/s1. The van der Waals surface area contributed by atoms with E-state index >= 15 is 0 Å². The van der Waals surface area contributed by atoms with E-state index in [-0.39, 0.29) is 12.1 Å². The lowest BCUT2D eigenvalue weighted by atomic mass is 10.3. The molecule has 0 aliphatic heterocycles. The molecule has 0 radical (unpaired) electrons. The van der Waals surface area contributed by atoms with Gasteiger partial charge in [0.05, 0.1) is 4.83 Å². The zero-order valence-corrected chi connectivity index (χ0v) is 8.97. The number of halogens is 1. The molecule has 0 bridgehead atoms. The Morgan fingerprint density at radius 3 is 2.83 bits per heavy atom. The summed E-state index contributed by atoms with van der Waals surface area (Å²) in [7, 11) is 0. The quantitative estimate of drug-likeness (QED) is 0.555. The van der Waals surface area contributed by atoms with Gasteiger partial charge in [0.15, 0.2) is 0 Å². The Balaban J connectivity index is 2.25. The van der Waals surface area contributed by atoms with Gasteiger partial charge in [-0.25, -0.2) is 0 Å². The molecule has 0 aromatic carbocycles. The monoisotopic (exact) mass is 234 g/mol. The molecular weight excluding hydrogens is 220 g/mol. The molecule has 0 N–H and O–H groups in total. The number of carbonyl (C=O) groups is 1. The van der Waals surface area contributed by atoms with Crippen molar-refractivity contribution in [1.29, 1.82) is 0 Å². The van der Waals surface area contributed by atoms with E-state index in [9.17, 15) is 4.79 Å². The third-order valence-electron chi connectivity index (χ3n) is 2.11. The van der Waals surface area contributed by atoms with Gasteiger partial charge in [-0.3, -0.25) is 4.79 Å². The molecule has 0 amide bonds. The van der Waals surface area contributed by atoms with Crippen molar-refractivity contribution in [1.82, 2.24) is 0 Å². The van der Waals surface area contributed by atoms with E-state index in [1.54, 1.807) is 0 Å². The van der Waals surface area contributed by atoms with E-state index in [1.807, 2.05) is 6.92 Å². The Morgan fingerprint density at radius 1 is 1.58 bits per heavy atom. The Kier molecular flexibility index (Phi) is 4.06. The van der Waals surface area contributed by atoms with Crippen LogP contribution < -0.4 is 0 Å². The average molecular weight is 235 g/mol. The van der Waals surface area contributed by atoms with Gasteiger partial charge in [0.2, 0.25) is 0 Å². The maximum Gasteiger partial charge on any atom is 0.306 e. The van der Waals surface area contributed by atoms with Crippen LogP contribution in [0.15, 0.2) is 0 Å². The first kappa shape index (κ1) is 10.0. The van der Waals surface area contributed by atoms with Crippen LogP contribution in [0.2, 0.25) is 0 Å². The highest BCUT2D eigenvalue weighted by Gasteiger charge is 2.27. The summed E-state index contributed by atoms with van der Waals surface area (Å²) in [6.07, 6.45) is 4.87. The molecule has 0 spiro atoms. The summed E-state index contributed by atoms with van der Waals surface area (Å²) < 4.78 is 5.28. The number of ether oxygens (including phenoxy) is 1. The smallest absolute Gasteiger partial charge is 0.306 e. The maximum absolute atomic E-state index is 11.1. The largest absolute Gasteiger partial charge is 0.461 e. The van der Waals surface area contributed by atoms with E-state index < -0.39 is 0 Å². The molecule has 0 unspecified atom stereocenters. The van der Waals surface area contributed by atoms with Crippen LogP contribution in [0.1, 0.15) is 39.0 Å². The van der Waals surface area contributed by atoms with Crippen molar-refractivity contribution in [2.24, 2.45) is 0 Å². The Morgan fingerprint density at radius 2 is 2.33 bits per heavy atom. The van der Waals surface area contributed by atoms with Crippen molar-refractivity contribution >= 4 is 21.9 Å². The van der Waals surface area contributed by atoms with E-state index in [4.69, 9.17) is 4.74 Å². The summed E-state index contributed by atoms with van der Waals surface area (Å²) in [4.78, 5) is 11.5. The highest BCUT2D eigenvalue weighted by Crippen LogP contribution is 2.28. The minimum absolute atomic E-state index is 0.0474. The summed E-state index contributed by atoms with van der Waals surface area (Å²) in [5.74, 6) is -0.0474. The lowest BCUT2D eigenvalue weighted by Gasteiger charge is -2.14. The van der Waals surface area contributed by atoms with Gasteiger partial charge in [-0.05, 0) is 25.7 Å². The van der Waals surface area contributed by atoms with E-state index in [1.165, 1.54) is 6.42 Å². The summed E-state index contributed by atoms with van der Waals surface area (Å²) >= 11 is 3.51. The van der Waals surface area contributed by atoms with Crippen molar-refractivity contribution in [2.75, 3.05) is 0 Å². The second-order valence-corrected chi connectivity index (χ2v) is 4.40. The van der Waals surface area contributed by atoms with Crippen LogP contribution in [0.5, 0.6) is 0 Å². The molecule has 1 aliphatic rings. The second kappa shape index (κ2) is 4.85. The molecule has 0 aromatic heterocycles. The Labute approximate surface area is 81.8 Å². The summed E-state index contributed by atoms with van der Waals surface area (Å²) in [6, 6.07) is 0. The summed E-state index contributed by atoms with van der Waals surface area (Å²) in [5.41, 5.74) is 0. The van der Waals surface area contributed by atoms with Gasteiger partial charge >= 0.3 is 5.97 Å². The molecule has 0 heterocycles. The first-order valence-electron chi connectivity index (χ1n) is 4.57. The average Bonchev–Trinajstić information content (AvgIpc) is 2.37. The van der Waals surface area contributed by atoms with Crippen molar-refractivity contribution in [2.45, 2.75) is 50.0 Å². The minimum atomic E-state index is -0.0474. The molecule has 2 nitrogen and oxygen atoms in total. The van der Waals surface area contributed by atoms with E-state index in [0.29, 0.717) is 11.2 Å². The minimum Gasteiger partial charge on any atom is -0.461 e. The predicted octanol–water partition coefficient (Wildman–Crippen LogP) is 2.65. The zero-order valence-electron chi connectivity index (χ0n) is 7.38. The molecule has 1 fully saturated rings. The molecule has 2 atom stereocenters. The van der Waals surface area contributed by atoms with E-state index in [0.717, 1.165) is 19.3 Å². The third kappa shape index (κ3) is 2.77. The summed E-state index contributed by atoms with van der Waals surface area (Å²) in [6.45, 7) is 1.99. The van der Waals surface area contributed by atoms with Gasteiger partial charge in [-0.2, -0.15) is 0 Å². The zero-order chi connectivity index (χ0) is 8.97. The van der Waals surface area contributed by atoms with Gasteiger partial charge in [0.1, 0.15) is 6.10 Å². The van der Waals surface area contributed by atoms with Gasteiger partial charge < -0.3 is 4.74 Å². The van der Waals surface area contributed by atoms with Crippen molar-refractivity contribution < 1.29 is 9.53 Å². The highest BCUT2D eigenvalue weighted by atomic mass is 79.9. The van der Waals surface area contributed by atoms with Crippen LogP contribution in [0.3, 0.4) is 0 Å². The SMILES string of the molecule is CCCC(=O)O[C@@H]1CCC[C@H]1Br. The molecule has 12 heavy (non-hydrogen) atoms. The molecule has 0 saturated heterocycles. The van der Waals surface area contributed by atoms with E-state index in [2.05, 4.69) is 15.9 Å². The molecule has 1 rings (SSSR count). The number of carbonyl (C=O) groups excluding carboxylic acids is 1. The van der Waals surface area contributed by atoms with Crippen LogP contribution in [0, 0.1) is 0 Å². The van der Waals surface area contributed by atoms with Gasteiger partial charge in [-0.1, -0.05) is 22.9 Å². The number of alkyl halides is 1. The molecular formula is C9H15BrO2. The Bertz CT molecular complexity index is 159. The van der Waals surface area contributed by atoms with Gasteiger partial charge in [0.25, 0.3) is 0 Å². The predicted molar refractivity (Wildman–Crippen MR) is 51.4 cm³/mol. The van der Waals surface area contributed by atoms with Gasteiger partial charge in [-0.15, -0.1) is 0 Å². The lowest BCUT2D eigenvalue weighted by molar-refractivity contribution is -0.148. The normalized spacial score (nSPS) is 28.8. The fourth-order valence-corrected chi connectivity index (χ4v) is 2.14. The van der Waals surface area contributed by atoms with Crippen LogP contribution in [-0.4, -0.2) is 16.9 Å². The third-order valence-corrected chi connectivity index (χ3v) is 3.16. The van der Waals surface area contributed by atoms with Crippen molar-refractivity contribution in [3.63, 3.8) is 0 Å². The Hall–Kier alpha value is -0.0500. The van der Waals surface area contributed by atoms with Gasteiger partial charge in [0, 0.05) is 6.42 Å². The summed E-state index contributed by atoms with van der Waals surface area (Å²) in [5, 5.41) is 0. The number of rotatable bonds is 3. The highest BCUT2D eigenvalue weighted by molar-refractivity contribution is 9.09. The van der Waals surface area contributed by atoms with Crippen LogP contribution >= 0.6 is 15.9 Å².